The number of anilines is 2. The van der Waals surface area contributed by atoms with Gasteiger partial charge in [-0.1, -0.05) is 24.4 Å². The molecule has 6 heteroatoms. The van der Waals surface area contributed by atoms with E-state index in [1.807, 2.05) is 13.0 Å². The normalized spacial score (nSPS) is 15.0. The first kappa shape index (κ1) is 16.7. The Balaban J connectivity index is 1.69. The van der Waals surface area contributed by atoms with Crippen molar-refractivity contribution >= 4 is 29.1 Å². The Morgan fingerprint density at radius 2 is 1.79 bits per heavy atom. The molecular formula is C18H21ClN4O. The number of amides is 1. The second-order valence-corrected chi connectivity index (χ2v) is 6.52. The van der Waals surface area contributed by atoms with Gasteiger partial charge in [0.2, 0.25) is 5.95 Å². The molecule has 0 atom stereocenters. The second-order valence-electron chi connectivity index (χ2n) is 6.09. The number of aryl methyl sites for hydroxylation is 1. The minimum Gasteiger partial charge on any atom is -0.341 e. The van der Waals surface area contributed by atoms with Gasteiger partial charge in [0.25, 0.3) is 5.91 Å². The van der Waals surface area contributed by atoms with Gasteiger partial charge in [-0.15, -0.1) is 0 Å². The van der Waals surface area contributed by atoms with E-state index in [0.717, 1.165) is 24.3 Å². The highest BCUT2D eigenvalue weighted by Crippen LogP contribution is 2.20. The van der Waals surface area contributed by atoms with Gasteiger partial charge in [-0.25, -0.2) is 9.97 Å². The molecule has 2 aromatic rings. The van der Waals surface area contributed by atoms with Gasteiger partial charge in [-0.05, 0) is 43.5 Å². The van der Waals surface area contributed by atoms with Crippen molar-refractivity contribution in [1.29, 1.82) is 0 Å². The van der Waals surface area contributed by atoms with E-state index in [4.69, 9.17) is 11.6 Å². The maximum atomic E-state index is 12.4. The lowest BCUT2D eigenvalue weighted by atomic mass is 10.2. The predicted molar refractivity (Wildman–Crippen MR) is 96.9 cm³/mol. The van der Waals surface area contributed by atoms with Crippen molar-refractivity contribution < 1.29 is 4.79 Å². The van der Waals surface area contributed by atoms with Gasteiger partial charge >= 0.3 is 0 Å². The largest absolute Gasteiger partial charge is 0.341 e. The third-order valence-corrected chi connectivity index (χ3v) is 4.46. The number of aromatic nitrogens is 2. The monoisotopic (exact) mass is 344 g/mol. The molecule has 1 fully saturated rings. The fourth-order valence-corrected chi connectivity index (χ4v) is 3.06. The standard InChI is InChI=1S/C18H21ClN4O/c1-13-10-15(19)6-7-16(13)22-17(24)14-11-20-18(21-12-14)23-8-4-2-3-5-9-23/h6-7,10-12H,2-5,8-9H2,1H3,(H,22,24). The van der Waals surface area contributed by atoms with Crippen LogP contribution in [0, 0.1) is 6.92 Å². The minimum atomic E-state index is -0.220. The molecule has 24 heavy (non-hydrogen) atoms. The highest BCUT2D eigenvalue weighted by Gasteiger charge is 2.14. The van der Waals surface area contributed by atoms with E-state index >= 15 is 0 Å². The molecular weight excluding hydrogens is 324 g/mol. The number of benzene rings is 1. The highest BCUT2D eigenvalue weighted by molar-refractivity contribution is 6.30. The van der Waals surface area contributed by atoms with Gasteiger partial charge in [-0.2, -0.15) is 0 Å². The molecule has 0 bridgehead atoms. The maximum Gasteiger partial charge on any atom is 0.258 e. The zero-order chi connectivity index (χ0) is 16.9. The summed E-state index contributed by atoms with van der Waals surface area (Å²) in [5.74, 6) is 0.485. The highest BCUT2D eigenvalue weighted by atomic mass is 35.5. The van der Waals surface area contributed by atoms with Gasteiger partial charge in [0.05, 0.1) is 5.56 Å². The van der Waals surface area contributed by atoms with Crippen molar-refractivity contribution in [3.05, 3.63) is 46.7 Å². The van der Waals surface area contributed by atoms with Gasteiger partial charge in [0, 0.05) is 36.2 Å². The molecule has 1 aliphatic heterocycles. The van der Waals surface area contributed by atoms with Crippen molar-refractivity contribution in [2.75, 3.05) is 23.3 Å². The molecule has 0 spiro atoms. The SMILES string of the molecule is Cc1cc(Cl)ccc1NC(=O)c1cnc(N2CCCCCC2)nc1. The van der Waals surface area contributed by atoms with Crippen LogP contribution < -0.4 is 10.2 Å². The maximum absolute atomic E-state index is 12.4. The van der Waals surface area contributed by atoms with E-state index in [1.165, 1.54) is 25.7 Å². The van der Waals surface area contributed by atoms with Crippen molar-refractivity contribution in [1.82, 2.24) is 9.97 Å². The summed E-state index contributed by atoms with van der Waals surface area (Å²) < 4.78 is 0. The van der Waals surface area contributed by atoms with Crippen LogP contribution in [0.1, 0.15) is 41.6 Å². The van der Waals surface area contributed by atoms with Gasteiger partial charge in [0.1, 0.15) is 0 Å². The molecule has 0 unspecified atom stereocenters. The van der Waals surface area contributed by atoms with Crippen molar-refractivity contribution in [3.8, 4) is 0 Å². The molecule has 2 heterocycles. The molecule has 1 amide bonds. The van der Waals surface area contributed by atoms with E-state index in [-0.39, 0.29) is 5.91 Å². The Hall–Kier alpha value is -2.14. The lowest BCUT2D eigenvalue weighted by molar-refractivity contribution is 0.102. The van der Waals surface area contributed by atoms with E-state index in [0.29, 0.717) is 16.5 Å². The molecule has 0 aliphatic carbocycles. The summed E-state index contributed by atoms with van der Waals surface area (Å²) >= 11 is 5.94. The molecule has 1 saturated heterocycles. The van der Waals surface area contributed by atoms with Crippen LogP contribution in [-0.4, -0.2) is 29.0 Å². The van der Waals surface area contributed by atoms with Crippen LogP contribution in [0.4, 0.5) is 11.6 Å². The molecule has 1 N–H and O–H groups in total. The molecule has 126 valence electrons. The van der Waals surface area contributed by atoms with Crippen LogP contribution in [-0.2, 0) is 0 Å². The number of carbonyl (C=O) groups is 1. The summed E-state index contributed by atoms with van der Waals surface area (Å²) in [6, 6.07) is 5.36. The smallest absolute Gasteiger partial charge is 0.258 e. The molecule has 1 aromatic heterocycles. The van der Waals surface area contributed by atoms with Gasteiger partial charge in [0.15, 0.2) is 0 Å². The van der Waals surface area contributed by atoms with Crippen molar-refractivity contribution in [3.63, 3.8) is 0 Å². The molecule has 0 saturated carbocycles. The Labute approximate surface area is 147 Å². The second kappa shape index (κ2) is 7.62. The third-order valence-electron chi connectivity index (χ3n) is 4.23. The topological polar surface area (TPSA) is 58.1 Å². The summed E-state index contributed by atoms with van der Waals surface area (Å²) in [5.41, 5.74) is 2.10. The van der Waals surface area contributed by atoms with Crippen molar-refractivity contribution in [2.24, 2.45) is 0 Å². The number of rotatable bonds is 3. The summed E-state index contributed by atoms with van der Waals surface area (Å²) in [6.07, 6.45) is 8.04. The first-order chi connectivity index (χ1) is 11.6. The van der Waals surface area contributed by atoms with Crippen LogP contribution in [0.25, 0.3) is 0 Å². The summed E-state index contributed by atoms with van der Waals surface area (Å²) in [6.45, 7) is 3.87. The Morgan fingerprint density at radius 3 is 2.42 bits per heavy atom. The van der Waals surface area contributed by atoms with Crippen molar-refractivity contribution in [2.45, 2.75) is 32.6 Å². The third kappa shape index (κ3) is 4.03. The summed E-state index contributed by atoms with van der Waals surface area (Å²) in [7, 11) is 0. The lowest BCUT2D eigenvalue weighted by Gasteiger charge is -2.19. The van der Waals surface area contributed by atoms with Crippen LogP contribution in [0.2, 0.25) is 5.02 Å². The van der Waals surface area contributed by atoms with E-state index in [1.54, 1.807) is 24.5 Å². The number of nitrogens with zero attached hydrogens (tertiary/aromatic N) is 3. The lowest BCUT2D eigenvalue weighted by Crippen LogP contribution is -2.26. The van der Waals surface area contributed by atoms with Crippen LogP contribution in [0.5, 0.6) is 0 Å². The molecule has 1 aliphatic rings. The zero-order valence-electron chi connectivity index (χ0n) is 13.8. The fourth-order valence-electron chi connectivity index (χ4n) is 2.83. The fraction of sp³-hybridized carbons (Fsp3) is 0.389. The van der Waals surface area contributed by atoms with Crippen LogP contribution >= 0.6 is 11.6 Å². The first-order valence-electron chi connectivity index (χ1n) is 8.28. The number of carbonyl (C=O) groups excluding carboxylic acids is 1. The van der Waals surface area contributed by atoms with Gasteiger partial charge < -0.3 is 10.2 Å². The Kier molecular flexibility index (Phi) is 5.30. The molecule has 1 aromatic carbocycles. The summed E-state index contributed by atoms with van der Waals surface area (Å²) in [4.78, 5) is 23.3. The number of halogens is 1. The summed E-state index contributed by atoms with van der Waals surface area (Å²) in [5, 5.41) is 3.52. The van der Waals surface area contributed by atoms with Gasteiger partial charge in [-0.3, -0.25) is 4.79 Å². The number of hydrogen-bond donors (Lipinski definition) is 1. The molecule has 3 rings (SSSR count). The zero-order valence-corrected chi connectivity index (χ0v) is 14.5. The molecule has 5 nitrogen and oxygen atoms in total. The first-order valence-corrected chi connectivity index (χ1v) is 8.66. The number of nitrogens with one attached hydrogen (secondary N) is 1. The molecule has 0 radical (unpaired) electrons. The number of hydrogen-bond acceptors (Lipinski definition) is 4. The van der Waals surface area contributed by atoms with E-state index in [2.05, 4.69) is 20.2 Å². The Morgan fingerprint density at radius 1 is 1.12 bits per heavy atom. The van der Waals surface area contributed by atoms with Crippen LogP contribution in [0.15, 0.2) is 30.6 Å². The van der Waals surface area contributed by atoms with E-state index < -0.39 is 0 Å². The van der Waals surface area contributed by atoms with Crippen LogP contribution in [0.3, 0.4) is 0 Å². The van der Waals surface area contributed by atoms with E-state index in [9.17, 15) is 4.79 Å². The average molecular weight is 345 g/mol. The average Bonchev–Trinajstić information content (AvgIpc) is 2.87. The predicted octanol–water partition coefficient (Wildman–Crippen LogP) is 4.07. The minimum absolute atomic E-state index is 0.220. The quantitative estimate of drug-likeness (QED) is 0.911. The Bertz CT molecular complexity index is 709.